The van der Waals surface area contributed by atoms with E-state index >= 15 is 0 Å². The van der Waals surface area contributed by atoms with Crippen LogP contribution in [0.3, 0.4) is 0 Å². The lowest BCUT2D eigenvalue weighted by Crippen LogP contribution is -2.41. The molecule has 1 aromatic carbocycles. The van der Waals surface area contributed by atoms with Gasteiger partial charge in [-0.15, -0.1) is 11.1 Å². The second-order valence-corrected chi connectivity index (χ2v) is 13.8. The van der Waals surface area contributed by atoms with E-state index in [2.05, 4.69) is 0 Å². The maximum absolute atomic E-state index is 11.1. The summed E-state index contributed by atoms with van der Waals surface area (Å²) >= 11 is 5.86. The molecule has 0 saturated heterocycles. The van der Waals surface area contributed by atoms with Gasteiger partial charge in [-0.3, -0.25) is 4.55 Å². The summed E-state index contributed by atoms with van der Waals surface area (Å²) in [6.45, 7) is -3.55. The Balaban J connectivity index is 2.74. The van der Waals surface area contributed by atoms with E-state index in [1.165, 1.54) is 0 Å². The first-order valence-electron chi connectivity index (χ1n) is 4.64. The minimum atomic E-state index is -4.27. The van der Waals surface area contributed by atoms with Crippen LogP contribution < -0.4 is 0 Å². The molecule has 0 saturated carbocycles. The van der Waals surface area contributed by atoms with Crippen LogP contribution in [0, 0.1) is 0 Å². The summed E-state index contributed by atoms with van der Waals surface area (Å²) in [6.07, 6.45) is 0.485. The first-order chi connectivity index (χ1) is 7.39. The molecule has 0 aromatic heterocycles. The molecule has 0 heterocycles. The monoisotopic (exact) mass is 296 g/mol. The van der Waals surface area contributed by atoms with Crippen molar-refractivity contribution in [2.75, 3.05) is 0 Å². The predicted molar refractivity (Wildman–Crippen MR) is 69.1 cm³/mol. The molecule has 0 aliphatic rings. The summed E-state index contributed by atoms with van der Waals surface area (Å²) in [5, 5.41) is 0. The molecule has 1 aromatic rings. The Hall–Kier alpha value is -0.186. The summed E-state index contributed by atoms with van der Waals surface area (Å²) < 4.78 is 36.1. The zero-order valence-corrected chi connectivity index (χ0v) is 13.3. The zero-order chi connectivity index (χ0) is 12.2. The molecule has 1 N–H and O–H groups in total. The van der Waals surface area contributed by atoms with Gasteiger partial charge in [0.25, 0.3) is 9.57 Å². The lowest BCUT2D eigenvalue weighted by molar-refractivity contribution is 0.487. The van der Waals surface area contributed by atoms with Gasteiger partial charge >= 0.3 is 6.78 Å². The summed E-state index contributed by atoms with van der Waals surface area (Å²) in [4.78, 5) is 0. The minimum absolute atomic E-state index is 0.154. The normalized spacial score (nSPS) is 15.9. The molecule has 0 amide bonds. The Morgan fingerprint density at radius 1 is 1.38 bits per heavy atom. The molecule has 1 unspecified atom stereocenters. The molecular formula is C8H13ClO4SSi2. The van der Waals surface area contributed by atoms with Crippen LogP contribution in [0.2, 0.25) is 6.04 Å². The van der Waals surface area contributed by atoms with Crippen molar-refractivity contribution in [3.05, 3.63) is 35.9 Å². The minimum Gasteiger partial charge on any atom is -0.441 e. The third-order valence-electron chi connectivity index (χ3n) is 2.25. The van der Waals surface area contributed by atoms with Gasteiger partial charge in [0.05, 0.1) is 0 Å². The highest BCUT2D eigenvalue weighted by Crippen LogP contribution is 2.24. The van der Waals surface area contributed by atoms with Gasteiger partial charge in [-0.05, 0) is 18.0 Å². The number of hydrogen-bond acceptors (Lipinski definition) is 3. The maximum atomic E-state index is 11.1. The molecule has 8 heteroatoms. The first-order valence-corrected chi connectivity index (χ1v) is 10.7. The van der Waals surface area contributed by atoms with Gasteiger partial charge in [-0.2, -0.15) is 0 Å². The molecule has 16 heavy (non-hydrogen) atoms. The highest BCUT2D eigenvalue weighted by atomic mass is 35.6. The van der Waals surface area contributed by atoms with Crippen LogP contribution in [-0.2, 0) is 20.1 Å². The highest BCUT2D eigenvalue weighted by Gasteiger charge is 2.46. The number of rotatable bonds is 5. The SMILES string of the molecule is O=S(=O)(O)[Si](Cl)(CCc1ccccc1)O[SiH3]. The van der Waals surface area contributed by atoms with Gasteiger partial charge in [0, 0.05) is 0 Å². The van der Waals surface area contributed by atoms with E-state index in [9.17, 15) is 8.42 Å². The van der Waals surface area contributed by atoms with Crippen molar-refractivity contribution in [2.24, 2.45) is 0 Å². The van der Waals surface area contributed by atoms with E-state index in [4.69, 9.17) is 19.7 Å². The number of hydrogen-bond donors (Lipinski definition) is 1. The topological polar surface area (TPSA) is 63.6 Å². The van der Waals surface area contributed by atoms with Gasteiger partial charge in [0.15, 0.2) is 0 Å². The van der Waals surface area contributed by atoms with Crippen molar-refractivity contribution in [2.45, 2.75) is 12.5 Å². The van der Waals surface area contributed by atoms with Gasteiger partial charge in [0.2, 0.25) is 0 Å². The van der Waals surface area contributed by atoms with Crippen LogP contribution in [0.4, 0.5) is 0 Å². The largest absolute Gasteiger partial charge is 0.448 e. The predicted octanol–water partition coefficient (Wildman–Crippen LogP) is 0.592. The molecule has 1 atom stereocenters. The van der Waals surface area contributed by atoms with E-state index in [1.807, 2.05) is 30.3 Å². The Bertz CT molecular complexity index is 439. The molecule has 90 valence electrons. The lowest BCUT2D eigenvalue weighted by Gasteiger charge is -2.18. The molecule has 4 nitrogen and oxygen atoms in total. The highest BCUT2D eigenvalue weighted by molar-refractivity contribution is 8.22. The average molecular weight is 297 g/mol. The summed E-state index contributed by atoms with van der Waals surface area (Å²) in [7, 11) is -4.07. The Morgan fingerprint density at radius 2 is 1.94 bits per heavy atom. The fourth-order valence-electron chi connectivity index (χ4n) is 1.27. The fraction of sp³-hybridized carbons (Fsp3) is 0.250. The molecule has 0 radical (unpaired) electrons. The van der Waals surface area contributed by atoms with Gasteiger partial charge in [-0.25, -0.2) is 8.42 Å². The number of halogens is 1. The number of benzene rings is 1. The van der Waals surface area contributed by atoms with Crippen LogP contribution in [0.1, 0.15) is 5.56 Å². The summed E-state index contributed by atoms with van der Waals surface area (Å²) in [5.74, 6) is 0. The third kappa shape index (κ3) is 3.40. The second-order valence-electron chi connectivity index (χ2n) is 3.32. The van der Waals surface area contributed by atoms with Crippen LogP contribution in [0.25, 0.3) is 0 Å². The van der Waals surface area contributed by atoms with Crippen molar-refractivity contribution < 1.29 is 17.1 Å². The smallest absolute Gasteiger partial charge is 0.441 e. The van der Waals surface area contributed by atoms with Crippen molar-refractivity contribution >= 4 is 37.9 Å². The van der Waals surface area contributed by atoms with Crippen LogP contribution in [0.15, 0.2) is 30.3 Å². The first kappa shape index (κ1) is 13.9. The molecular weight excluding hydrogens is 284 g/mol. The Morgan fingerprint density at radius 3 is 2.38 bits per heavy atom. The van der Waals surface area contributed by atoms with Crippen molar-refractivity contribution in [3.63, 3.8) is 0 Å². The second kappa shape index (κ2) is 5.43. The third-order valence-corrected chi connectivity index (χ3v) is 14.4. The van der Waals surface area contributed by atoms with Crippen molar-refractivity contribution in [1.82, 2.24) is 0 Å². The van der Waals surface area contributed by atoms with E-state index in [1.54, 1.807) is 0 Å². The van der Waals surface area contributed by atoms with E-state index in [0.29, 0.717) is 6.42 Å². The molecule has 0 aliphatic heterocycles. The summed E-state index contributed by atoms with van der Waals surface area (Å²) in [5.41, 5.74) is 0.974. The molecule has 0 fully saturated rings. The van der Waals surface area contributed by atoms with Crippen molar-refractivity contribution in [3.8, 4) is 0 Å². The van der Waals surface area contributed by atoms with E-state index in [0.717, 1.165) is 5.56 Å². The average Bonchev–Trinajstić information content (AvgIpc) is 2.26. The molecule has 0 aliphatic carbocycles. The van der Waals surface area contributed by atoms with E-state index in [-0.39, 0.29) is 16.5 Å². The molecule has 0 bridgehead atoms. The van der Waals surface area contributed by atoms with E-state index < -0.39 is 16.3 Å². The number of aryl methyl sites for hydroxylation is 1. The lowest BCUT2D eigenvalue weighted by atomic mass is 10.2. The molecule has 1 rings (SSSR count). The zero-order valence-electron chi connectivity index (χ0n) is 8.76. The Kier molecular flexibility index (Phi) is 4.71. The Labute approximate surface area is 103 Å². The van der Waals surface area contributed by atoms with Crippen LogP contribution in [0.5, 0.6) is 0 Å². The summed E-state index contributed by atoms with van der Waals surface area (Å²) in [6, 6.07) is 9.51. The fourth-order valence-corrected chi connectivity index (χ4v) is 7.04. The van der Waals surface area contributed by atoms with Crippen molar-refractivity contribution in [1.29, 1.82) is 0 Å². The van der Waals surface area contributed by atoms with Gasteiger partial charge < -0.3 is 4.12 Å². The maximum Gasteiger partial charge on any atom is 0.448 e. The quantitative estimate of drug-likeness (QED) is 0.491. The van der Waals surface area contributed by atoms with Crippen LogP contribution >= 0.6 is 11.1 Å². The van der Waals surface area contributed by atoms with Crippen LogP contribution in [-0.4, -0.2) is 30.2 Å². The standard InChI is InChI=1S/C8H13ClO4SSi2/c9-16(13-15,14(10,11)12)7-6-8-4-2-1-3-5-8/h1-5H,6-7H2,15H3,(H,10,11,12). The van der Waals surface area contributed by atoms with Gasteiger partial charge in [0.1, 0.15) is 10.5 Å². The van der Waals surface area contributed by atoms with Gasteiger partial charge in [-0.1, -0.05) is 30.3 Å². The molecule has 0 spiro atoms.